The van der Waals surface area contributed by atoms with Gasteiger partial charge in [0.25, 0.3) is 0 Å². The molecule has 0 aromatic rings. The van der Waals surface area contributed by atoms with E-state index in [0.29, 0.717) is 6.04 Å². The van der Waals surface area contributed by atoms with Crippen molar-refractivity contribution in [1.82, 2.24) is 9.80 Å². The molecule has 2 aliphatic rings. The lowest BCUT2D eigenvalue weighted by atomic mass is 10.3. The summed E-state index contributed by atoms with van der Waals surface area (Å²) in [7, 11) is 0. The van der Waals surface area contributed by atoms with Gasteiger partial charge in [-0.05, 0) is 38.9 Å². The van der Waals surface area contributed by atoms with Crippen molar-refractivity contribution in [3.8, 4) is 0 Å². The van der Waals surface area contributed by atoms with Crippen LogP contribution < -0.4 is 5.73 Å². The topological polar surface area (TPSA) is 32.5 Å². The van der Waals surface area contributed by atoms with Crippen LogP contribution in [0.5, 0.6) is 0 Å². The Morgan fingerprint density at radius 2 is 1.69 bits per heavy atom. The van der Waals surface area contributed by atoms with Gasteiger partial charge in [0, 0.05) is 25.7 Å². The summed E-state index contributed by atoms with van der Waals surface area (Å²) in [6.07, 6.45) is 4.00. The van der Waals surface area contributed by atoms with E-state index < -0.39 is 0 Å². The zero-order valence-electron chi connectivity index (χ0n) is 8.41. The zero-order valence-corrected chi connectivity index (χ0v) is 8.41. The van der Waals surface area contributed by atoms with Crippen molar-refractivity contribution in [2.24, 2.45) is 5.73 Å². The predicted molar refractivity (Wildman–Crippen MR) is 54.7 cm³/mol. The first-order chi connectivity index (χ1) is 6.34. The van der Waals surface area contributed by atoms with Gasteiger partial charge in [0.05, 0.1) is 0 Å². The Kier molecular flexibility index (Phi) is 3.19. The third kappa shape index (κ3) is 2.66. The molecule has 76 valence electrons. The zero-order chi connectivity index (χ0) is 9.10. The van der Waals surface area contributed by atoms with Crippen LogP contribution >= 0.6 is 0 Å². The van der Waals surface area contributed by atoms with Crippen LogP contribution in [0.3, 0.4) is 0 Å². The molecule has 0 aliphatic carbocycles. The van der Waals surface area contributed by atoms with Gasteiger partial charge >= 0.3 is 0 Å². The third-order valence-corrected chi connectivity index (χ3v) is 3.24. The van der Waals surface area contributed by atoms with Crippen molar-refractivity contribution in [3.63, 3.8) is 0 Å². The molecular formula is C10H21N3. The highest BCUT2D eigenvalue weighted by Gasteiger charge is 2.19. The van der Waals surface area contributed by atoms with E-state index in [-0.39, 0.29) is 0 Å². The van der Waals surface area contributed by atoms with Crippen LogP contribution in [0.15, 0.2) is 0 Å². The van der Waals surface area contributed by atoms with Crippen LogP contribution in [0.4, 0.5) is 0 Å². The van der Waals surface area contributed by atoms with Gasteiger partial charge in [-0.2, -0.15) is 0 Å². The maximum atomic E-state index is 5.85. The molecule has 0 radical (unpaired) electrons. The average Bonchev–Trinajstić information content (AvgIpc) is 2.71. The van der Waals surface area contributed by atoms with Crippen molar-refractivity contribution >= 4 is 0 Å². The molecule has 0 bridgehead atoms. The van der Waals surface area contributed by atoms with Crippen LogP contribution in [0, 0.1) is 0 Å². The van der Waals surface area contributed by atoms with Gasteiger partial charge in [-0.1, -0.05) is 0 Å². The molecule has 2 rings (SSSR count). The van der Waals surface area contributed by atoms with E-state index in [9.17, 15) is 0 Å². The molecule has 0 spiro atoms. The molecule has 1 atom stereocenters. The van der Waals surface area contributed by atoms with Gasteiger partial charge in [-0.25, -0.2) is 0 Å². The number of hydrogen-bond donors (Lipinski definition) is 1. The monoisotopic (exact) mass is 183 g/mol. The highest BCUT2D eigenvalue weighted by molar-refractivity contribution is 4.78. The van der Waals surface area contributed by atoms with E-state index in [1.54, 1.807) is 0 Å². The lowest BCUT2D eigenvalue weighted by Crippen LogP contribution is -2.34. The number of likely N-dealkylation sites (tertiary alicyclic amines) is 2. The highest BCUT2D eigenvalue weighted by Crippen LogP contribution is 2.09. The van der Waals surface area contributed by atoms with E-state index in [1.165, 1.54) is 52.0 Å². The second-order valence-electron chi connectivity index (χ2n) is 4.40. The minimum Gasteiger partial charge on any atom is -0.326 e. The van der Waals surface area contributed by atoms with Gasteiger partial charge in [0.15, 0.2) is 0 Å². The minimum absolute atomic E-state index is 0.443. The summed E-state index contributed by atoms with van der Waals surface area (Å²) in [5.74, 6) is 0. The second kappa shape index (κ2) is 4.40. The van der Waals surface area contributed by atoms with Gasteiger partial charge in [0.1, 0.15) is 0 Å². The van der Waals surface area contributed by atoms with Gasteiger partial charge < -0.3 is 15.5 Å². The molecule has 13 heavy (non-hydrogen) atoms. The fourth-order valence-electron chi connectivity index (χ4n) is 2.35. The molecule has 0 aromatic heterocycles. The summed E-state index contributed by atoms with van der Waals surface area (Å²) < 4.78 is 0. The smallest absolute Gasteiger partial charge is 0.0180 e. The molecule has 2 N–H and O–H groups in total. The summed E-state index contributed by atoms with van der Waals surface area (Å²) in [4.78, 5) is 5.08. The number of hydrogen-bond acceptors (Lipinski definition) is 3. The van der Waals surface area contributed by atoms with Gasteiger partial charge in [-0.3, -0.25) is 0 Å². The summed E-state index contributed by atoms with van der Waals surface area (Å²) in [5.41, 5.74) is 5.85. The van der Waals surface area contributed by atoms with Crippen LogP contribution in [0.1, 0.15) is 19.3 Å². The lowest BCUT2D eigenvalue weighted by molar-refractivity contribution is 0.256. The first kappa shape index (κ1) is 9.44. The van der Waals surface area contributed by atoms with E-state index in [2.05, 4.69) is 9.80 Å². The quantitative estimate of drug-likeness (QED) is 0.674. The largest absolute Gasteiger partial charge is 0.326 e. The number of nitrogens with zero attached hydrogens (tertiary/aromatic N) is 2. The Morgan fingerprint density at radius 1 is 1.00 bits per heavy atom. The lowest BCUT2D eigenvalue weighted by Gasteiger charge is -2.20. The minimum atomic E-state index is 0.443. The third-order valence-electron chi connectivity index (χ3n) is 3.24. The normalized spacial score (nSPS) is 31.6. The molecule has 2 heterocycles. The number of nitrogens with two attached hydrogens (primary N) is 1. The Labute approximate surface area is 80.9 Å². The van der Waals surface area contributed by atoms with E-state index in [1.807, 2.05) is 0 Å². The van der Waals surface area contributed by atoms with Crippen molar-refractivity contribution < 1.29 is 0 Å². The molecular weight excluding hydrogens is 162 g/mol. The van der Waals surface area contributed by atoms with Crippen LogP contribution in [0.25, 0.3) is 0 Å². The first-order valence-electron chi connectivity index (χ1n) is 5.55. The molecule has 0 aromatic carbocycles. The number of rotatable bonds is 3. The first-order valence-corrected chi connectivity index (χ1v) is 5.55. The second-order valence-corrected chi connectivity index (χ2v) is 4.40. The molecule has 2 saturated heterocycles. The molecule has 2 fully saturated rings. The van der Waals surface area contributed by atoms with E-state index in [0.717, 1.165) is 6.54 Å². The summed E-state index contributed by atoms with van der Waals surface area (Å²) in [5, 5.41) is 0. The summed E-state index contributed by atoms with van der Waals surface area (Å²) in [6, 6.07) is 0.443. The van der Waals surface area contributed by atoms with Crippen molar-refractivity contribution in [2.45, 2.75) is 25.3 Å². The Bertz CT molecular complexity index is 154. The molecule has 0 amide bonds. The molecule has 0 unspecified atom stereocenters. The Morgan fingerprint density at radius 3 is 2.31 bits per heavy atom. The van der Waals surface area contributed by atoms with Crippen LogP contribution in [-0.2, 0) is 0 Å². The van der Waals surface area contributed by atoms with Crippen molar-refractivity contribution in [2.75, 3.05) is 39.3 Å². The van der Waals surface area contributed by atoms with Crippen molar-refractivity contribution in [3.05, 3.63) is 0 Å². The standard InChI is InChI=1S/C10H21N3/c11-10-3-6-13(9-10)8-7-12-4-1-2-5-12/h10H,1-9,11H2/t10-/m1/s1. The molecule has 2 aliphatic heterocycles. The van der Waals surface area contributed by atoms with Gasteiger partial charge in [-0.15, -0.1) is 0 Å². The Balaban J connectivity index is 1.62. The van der Waals surface area contributed by atoms with E-state index in [4.69, 9.17) is 5.73 Å². The predicted octanol–water partition coefficient (Wildman–Crippen LogP) is 0.115. The SMILES string of the molecule is N[C@@H]1CCN(CCN2CCCC2)C1. The fourth-order valence-corrected chi connectivity index (χ4v) is 2.35. The Hall–Kier alpha value is -0.120. The van der Waals surface area contributed by atoms with Gasteiger partial charge in [0.2, 0.25) is 0 Å². The average molecular weight is 183 g/mol. The molecule has 0 saturated carbocycles. The summed E-state index contributed by atoms with van der Waals surface area (Å²) in [6.45, 7) is 7.46. The molecule has 3 heteroatoms. The van der Waals surface area contributed by atoms with Crippen LogP contribution in [0.2, 0.25) is 0 Å². The summed E-state index contributed by atoms with van der Waals surface area (Å²) >= 11 is 0. The maximum Gasteiger partial charge on any atom is 0.0180 e. The fraction of sp³-hybridized carbons (Fsp3) is 1.00. The van der Waals surface area contributed by atoms with E-state index >= 15 is 0 Å². The highest BCUT2D eigenvalue weighted by atomic mass is 15.2. The maximum absolute atomic E-state index is 5.85. The van der Waals surface area contributed by atoms with Crippen LogP contribution in [-0.4, -0.2) is 55.1 Å². The molecule has 3 nitrogen and oxygen atoms in total. The van der Waals surface area contributed by atoms with Crippen molar-refractivity contribution in [1.29, 1.82) is 0 Å².